The van der Waals surface area contributed by atoms with Crippen LogP contribution < -0.4 is 16.8 Å². The highest BCUT2D eigenvalue weighted by molar-refractivity contribution is 5.65. The van der Waals surface area contributed by atoms with Crippen LogP contribution >= 0.6 is 0 Å². The third kappa shape index (κ3) is 3.82. The SMILES string of the molecule is C=C(Nc1ccc(/C(N)=C/N)cc1)/C(C)=C(\C)N(C)C. The molecule has 1 aromatic rings. The first-order valence-electron chi connectivity index (χ1n) is 6.45. The van der Waals surface area contributed by atoms with Crippen molar-refractivity contribution in [3.05, 3.63) is 59.6 Å². The van der Waals surface area contributed by atoms with E-state index in [1.807, 2.05) is 45.3 Å². The number of nitrogens with two attached hydrogens (primary N) is 2. The molecule has 108 valence electrons. The summed E-state index contributed by atoms with van der Waals surface area (Å²) in [5.41, 5.74) is 16.8. The third-order valence-electron chi connectivity index (χ3n) is 3.36. The topological polar surface area (TPSA) is 67.3 Å². The van der Waals surface area contributed by atoms with Gasteiger partial charge in [0.25, 0.3) is 0 Å². The van der Waals surface area contributed by atoms with Crippen molar-refractivity contribution in [2.75, 3.05) is 19.4 Å². The van der Waals surface area contributed by atoms with Crippen molar-refractivity contribution in [2.24, 2.45) is 11.5 Å². The Morgan fingerprint density at radius 1 is 1.20 bits per heavy atom. The number of allylic oxidation sites excluding steroid dienone is 2. The van der Waals surface area contributed by atoms with Gasteiger partial charge in [-0.3, -0.25) is 0 Å². The highest BCUT2D eigenvalue weighted by atomic mass is 15.1. The average molecular weight is 272 g/mol. The summed E-state index contributed by atoms with van der Waals surface area (Å²) in [6, 6.07) is 7.75. The van der Waals surface area contributed by atoms with Gasteiger partial charge in [0.05, 0.1) is 5.70 Å². The summed E-state index contributed by atoms with van der Waals surface area (Å²) in [5, 5.41) is 3.29. The lowest BCUT2D eigenvalue weighted by atomic mass is 10.1. The van der Waals surface area contributed by atoms with Gasteiger partial charge in [0.15, 0.2) is 0 Å². The largest absolute Gasteiger partial charge is 0.403 e. The molecule has 0 spiro atoms. The van der Waals surface area contributed by atoms with Crippen LogP contribution in [0, 0.1) is 0 Å². The molecular weight excluding hydrogens is 248 g/mol. The van der Waals surface area contributed by atoms with Gasteiger partial charge in [-0.05, 0) is 37.1 Å². The van der Waals surface area contributed by atoms with E-state index in [4.69, 9.17) is 11.5 Å². The molecule has 0 aliphatic rings. The van der Waals surface area contributed by atoms with Gasteiger partial charge in [-0.15, -0.1) is 0 Å². The molecule has 4 heteroatoms. The Hall–Kier alpha value is -2.36. The van der Waals surface area contributed by atoms with Gasteiger partial charge in [-0.2, -0.15) is 0 Å². The van der Waals surface area contributed by atoms with Crippen LogP contribution in [0.25, 0.3) is 5.70 Å². The van der Waals surface area contributed by atoms with Crippen molar-refractivity contribution in [3.8, 4) is 0 Å². The molecule has 0 radical (unpaired) electrons. The molecule has 1 aromatic carbocycles. The summed E-state index contributed by atoms with van der Waals surface area (Å²) in [4.78, 5) is 2.07. The van der Waals surface area contributed by atoms with E-state index < -0.39 is 0 Å². The lowest BCUT2D eigenvalue weighted by Crippen LogP contribution is -2.12. The Labute approximate surface area is 121 Å². The predicted molar refractivity (Wildman–Crippen MR) is 87.6 cm³/mol. The van der Waals surface area contributed by atoms with Gasteiger partial charge >= 0.3 is 0 Å². The first-order chi connectivity index (χ1) is 9.36. The zero-order valence-electron chi connectivity index (χ0n) is 12.7. The van der Waals surface area contributed by atoms with Crippen LogP contribution in [0.15, 0.2) is 54.0 Å². The molecule has 0 saturated heterocycles. The highest BCUT2D eigenvalue weighted by Crippen LogP contribution is 2.19. The van der Waals surface area contributed by atoms with Gasteiger partial charge in [0.1, 0.15) is 0 Å². The second kappa shape index (κ2) is 6.70. The molecule has 0 fully saturated rings. The van der Waals surface area contributed by atoms with Crippen molar-refractivity contribution in [3.63, 3.8) is 0 Å². The minimum Gasteiger partial charge on any atom is -0.403 e. The Balaban J connectivity index is 2.85. The number of benzene rings is 1. The van der Waals surface area contributed by atoms with E-state index >= 15 is 0 Å². The maximum absolute atomic E-state index is 5.75. The van der Waals surface area contributed by atoms with E-state index in [0.29, 0.717) is 5.70 Å². The Morgan fingerprint density at radius 3 is 2.20 bits per heavy atom. The van der Waals surface area contributed by atoms with Crippen LogP contribution in [-0.2, 0) is 0 Å². The Kier molecular flexibility index (Phi) is 5.26. The zero-order chi connectivity index (χ0) is 15.3. The molecule has 0 aliphatic carbocycles. The summed E-state index contributed by atoms with van der Waals surface area (Å²) in [6.45, 7) is 8.19. The summed E-state index contributed by atoms with van der Waals surface area (Å²) < 4.78 is 0. The van der Waals surface area contributed by atoms with E-state index in [0.717, 1.165) is 22.5 Å². The third-order valence-corrected chi connectivity index (χ3v) is 3.36. The van der Waals surface area contributed by atoms with E-state index in [1.54, 1.807) is 0 Å². The van der Waals surface area contributed by atoms with Gasteiger partial charge in [0.2, 0.25) is 0 Å². The van der Waals surface area contributed by atoms with E-state index in [2.05, 4.69) is 23.7 Å². The molecule has 0 unspecified atom stereocenters. The van der Waals surface area contributed by atoms with E-state index in [-0.39, 0.29) is 0 Å². The molecule has 5 N–H and O–H groups in total. The maximum atomic E-state index is 5.75. The molecule has 0 atom stereocenters. The predicted octanol–water partition coefficient (Wildman–Crippen LogP) is 2.68. The number of rotatable bonds is 5. The van der Waals surface area contributed by atoms with Crippen LogP contribution in [0.3, 0.4) is 0 Å². The van der Waals surface area contributed by atoms with Gasteiger partial charge in [-0.25, -0.2) is 0 Å². The molecule has 0 aromatic heterocycles. The number of anilines is 1. The molecular formula is C16H24N4. The number of hydrogen-bond donors (Lipinski definition) is 3. The molecule has 0 amide bonds. The summed E-state index contributed by atoms with van der Waals surface area (Å²) in [7, 11) is 4.03. The minimum atomic E-state index is 0.565. The summed E-state index contributed by atoms with van der Waals surface area (Å²) in [5.74, 6) is 0. The lowest BCUT2D eigenvalue weighted by Gasteiger charge is -2.19. The molecule has 4 nitrogen and oxygen atoms in total. The second-order valence-electron chi connectivity index (χ2n) is 4.91. The van der Waals surface area contributed by atoms with Gasteiger partial charge < -0.3 is 21.7 Å². The van der Waals surface area contributed by atoms with Crippen LogP contribution in [-0.4, -0.2) is 19.0 Å². The lowest BCUT2D eigenvalue weighted by molar-refractivity contribution is 0.508. The monoisotopic (exact) mass is 272 g/mol. The smallest absolute Gasteiger partial charge is 0.0545 e. The Morgan fingerprint density at radius 2 is 1.75 bits per heavy atom. The first-order valence-corrected chi connectivity index (χ1v) is 6.45. The van der Waals surface area contributed by atoms with Crippen molar-refractivity contribution in [1.29, 1.82) is 0 Å². The molecule has 0 saturated carbocycles. The van der Waals surface area contributed by atoms with Crippen molar-refractivity contribution in [2.45, 2.75) is 13.8 Å². The minimum absolute atomic E-state index is 0.565. The van der Waals surface area contributed by atoms with Crippen LogP contribution in [0.5, 0.6) is 0 Å². The average Bonchev–Trinajstić information content (AvgIpc) is 2.45. The molecule has 1 rings (SSSR count). The van der Waals surface area contributed by atoms with Crippen molar-refractivity contribution >= 4 is 11.4 Å². The molecule has 0 aliphatic heterocycles. The quantitative estimate of drug-likeness (QED) is 0.721. The Bertz CT molecular complexity index is 536. The fourth-order valence-electron chi connectivity index (χ4n) is 1.66. The summed E-state index contributed by atoms with van der Waals surface area (Å²) >= 11 is 0. The van der Waals surface area contributed by atoms with Gasteiger partial charge in [-0.1, -0.05) is 18.7 Å². The molecule has 0 heterocycles. The van der Waals surface area contributed by atoms with Gasteiger partial charge in [0, 0.05) is 37.4 Å². The maximum Gasteiger partial charge on any atom is 0.0545 e. The number of nitrogens with zero attached hydrogens (tertiary/aromatic N) is 1. The first kappa shape index (κ1) is 15.7. The van der Waals surface area contributed by atoms with E-state index in [9.17, 15) is 0 Å². The number of nitrogens with one attached hydrogen (secondary N) is 1. The number of hydrogen-bond acceptors (Lipinski definition) is 4. The molecule has 20 heavy (non-hydrogen) atoms. The summed E-state index contributed by atoms with van der Waals surface area (Å²) in [6.07, 6.45) is 1.40. The standard InChI is InChI=1S/C16H24N4/c1-11(13(3)20(4)5)12(2)19-15-8-6-14(7-9-15)16(18)10-17/h6-10,19H,2,17-18H2,1,3-5H3/b13-11+,16-10-. The van der Waals surface area contributed by atoms with Crippen LogP contribution in [0.2, 0.25) is 0 Å². The molecule has 0 bridgehead atoms. The zero-order valence-corrected chi connectivity index (χ0v) is 12.7. The highest BCUT2D eigenvalue weighted by Gasteiger charge is 2.04. The van der Waals surface area contributed by atoms with Crippen LogP contribution in [0.4, 0.5) is 5.69 Å². The van der Waals surface area contributed by atoms with Crippen molar-refractivity contribution < 1.29 is 0 Å². The normalized spacial score (nSPS) is 12.7. The van der Waals surface area contributed by atoms with E-state index in [1.165, 1.54) is 11.9 Å². The fraction of sp³-hybridized carbons (Fsp3) is 0.250. The second-order valence-corrected chi connectivity index (χ2v) is 4.91. The van der Waals surface area contributed by atoms with Crippen LogP contribution in [0.1, 0.15) is 19.4 Å². The van der Waals surface area contributed by atoms with Crippen molar-refractivity contribution in [1.82, 2.24) is 4.90 Å². The fourth-order valence-corrected chi connectivity index (χ4v) is 1.66.